The van der Waals surface area contributed by atoms with E-state index in [4.69, 9.17) is 4.74 Å². The van der Waals surface area contributed by atoms with Crippen LogP contribution in [0, 0.1) is 0 Å². The fourth-order valence-corrected chi connectivity index (χ4v) is 4.77. The molecule has 0 saturated carbocycles. The smallest absolute Gasteiger partial charge is 0.239 e. The molecule has 1 aliphatic heterocycles. The highest BCUT2D eigenvalue weighted by Crippen LogP contribution is 2.20. The molecule has 0 unspecified atom stereocenters. The summed E-state index contributed by atoms with van der Waals surface area (Å²) in [5, 5.41) is 0.0431. The van der Waals surface area contributed by atoms with Crippen molar-refractivity contribution in [3.05, 3.63) is 47.8 Å². The van der Waals surface area contributed by atoms with Crippen molar-refractivity contribution in [3.8, 4) is 0 Å². The minimum atomic E-state index is -3.59. The van der Waals surface area contributed by atoms with Crippen molar-refractivity contribution in [3.63, 3.8) is 0 Å². The molecule has 8 nitrogen and oxygen atoms in total. The van der Waals surface area contributed by atoms with Gasteiger partial charge in [-0.25, -0.2) is 13.4 Å². The average molecular weight is 421 g/mol. The van der Waals surface area contributed by atoms with Gasteiger partial charge >= 0.3 is 0 Å². The Labute approximate surface area is 172 Å². The number of ether oxygens (including phenoxy) is 1. The number of piperazine rings is 1. The largest absolute Gasteiger partial charge is 0.384 e. The summed E-state index contributed by atoms with van der Waals surface area (Å²) in [5.41, 5.74) is 1.76. The van der Waals surface area contributed by atoms with Crippen molar-refractivity contribution in [1.29, 1.82) is 0 Å². The molecule has 29 heavy (non-hydrogen) atoms. The first-order valence-electron chi connectivity index (χ1n) is 9.62. The predicted octanol–water partition coefficient (Wildman–Crippen LogP) is 1.01. The van der Waals surface area contributed by atoms with Gasteiger partial charge in [0, 0.05) is 33.8 Å². The molecule has 1 aromatic heterocycles. The molecule has 3 rings (SSSR count). The van der Waals surface area contributed by atoms with Crippen LogP contribution in [0.4, 0.5) is 0 Å². The molecule has 2 heterocycles. The molecule has 1 aromatic carbocycles. The van der Waals surface area contributed by atoms with E-state index in [0.717, 1.165) is 17.8 Å². The van der Waals surface area contributed by atoms with E-state index in [-0.39, 0.29) is 29.5 Å². The summed E-state index contributed by atoms with van der Waals surface area (Å²) in [5.74, 6) is -0.0590. The van der Waals surface area contributed by atoms with Gasteiger partial charge in [-0.2, -0.15) is 0 Å². The van der Waals surface area contributed by atoms with Crippen LogP contribution < -0.4 is 0 Å². The van der Waals surface area contributed by atoms with Crippen LogP contribution in [0.2, 0.25) is 0 Å². The predicted molar refractivity (Wildman–Crippen MR) is 109 cm³/mol. The average Bonchev–Trinajstić information content (AvgIpc) is 3.11. The molecular formula is C20H28N4O4S. The highest BCUT2D eigenvalue weighted by Gasteiger charge is 2.31. The minimum Gasteiger partial charge on any atom is -0.384 e. The Morgan fingerprint density at radius 2 is 1.90 bits per heavy atom. The zero-order chi connectivity index (χ0) is 21.0. The number of carbonyl (C=O) groups excluding carboxylic acids is 1. The van der Waals surface area contributed by atoms with Crippen LogP contribution in [-0.2, 0) is 32.5 Å². The molecule has 9 heteroatoms. The maximum absolute atomic E-state index is 12.8. The maximum atomic E-state index is 12.8. The van der Waals surface area contributed by atoms with Crippen LogP contribution in [0.15, 0.2) is 41.7 Å². The van der Waals surface area contributed by atoms with Gasteiger partial charge < -0.3 is 14.2 Å². The SMILES string of the molecule is COCCS(=O)(=O)c1ncc(CN2CCN(C)C(=O)[C@@H]2C)n1Cc1ccccc1. The molecule has 1 aliphatic rings. The van der Waals surface area contributed by atoms with Crippen LogP contribution >= 0.6 is 0 Å². The van der Waals surface area contributed by atoms with Gasteiger partial charge in [0.25, 0.3) is 0 Å². The van der Waals surface area contributed by atoms with Gasteiger partial charge in [0.05, 0.1) is 36.8 Å². The number of aromatic nitrogens is 2. The molecule has 0 radical (unpaired) electrons. The van der Waals surface area contributed by atoms with Crippen molar-refractivity contribution in [2.75, 3.05) is 39.6 Å². The number of carbonyl (C=O) groups is 1. The highest BCUT2D eigenvalue weighted by molar-refractivity contribution is 7.91. The number of nitrogens with zero attached hydrogens (tertiary/aromatic N) is 4. The second-order valence-electron chi connectivity index (χ2n) is 7.32. The van der Waals surface area contributed by atoms with Gasteiger partial charge in [-0.1, -0.05) is 30.3 Å². The fourth-order valence-electron chi connectivity index (χ4n) is 3.47. The molecule has 1 fully saturated rings. The van der Waals surface area contributed by atoms with E-state index < -0.39 is 9.84 Å². The third kappa shape index (κ3) is 4.85. The molecule has 2 aromatic rings. The molecule has 0 bridgehead atoms. The van der Waals surface area contributed by atoms with E-state index in [1.807, 2.05) is 37.3 Å². The summed E-state index contributed by atoms with van der Waals surface area (Å²) in [6.07, 6.45) is 1.61. The zero-order valence-electron chi connectivity index (χ0n) is 17.1. The van der Waals surface area contributed by atoms with Gasteiger partial charge in [0.2, 0.25) is 20.9 Å². The lowest BCUT2D eigenvalue weighted by atomic mass is 10.1. The van der Waals surface area contributed by atoms with Gasteiger partial charge in [-0.15, -0.1) is 0 Å². The molecule has 0 N–H and O–H groups in total. The van der Waals surface area contributed by atoms with Crippen molar-refractivity contribution in [2.24, 2.45) is 0 Å². The van der Waals surface area contributed by atoms with Crippen LogP contribution in [-0.4, -0.2) is 79.3 Å². The normalized spacial score (nSPS) is 18.4. The maximum Gasteiger partial charge on any atom is 0.239 e. The van der Waals surface area contributed by atoms with Gasteiger partial charge in [-0.05, 0) is 12.5 Å². The third-order valence-corrected chi connectivity index (χ3v) is 6.87. The molecule has 1 saturated heterocycles. The van der Waals surface area contributed by atoms with Crippen molar-refractivity contribution in [1.82, 2.24) is 19.4 Å². The Balaban J connectivity index is 1.93. The third-order valence-electron chi connectivity index (χ3n) is 5.29. The van der Waals surface area contributed by atoms with Crippen molar-refractivity contribution >= 4 is 15.7 Å². The number of methoxy groups -OCH3 is 1. The van der Waals surface area contributed by atoms with Gasteiger partial charge in [-0.3, -0.25) is 9.69 Å². The second kappa shape index (κ2) is 9.06. The van der Waals surface area contributed by atoms with Crippen molar-refractivity contribution in [2.45, 2.75) is 31.2 Å². The molecule has 0 spiro atoms. The molecule has 158 valence electrons. The highest BCUT2D eigenvalue weighted by atomic mass is 32.2. The lowest BCUT2D eigenvalue weighted by Crippen LogP contribution is -2.54. The van der Waals surface area contributed by atoms with Crippen LogP contribution in [0.25, 0.3) is 0 Å². The summed E-state index contributed by atoms with van der Waals surface area (Å²) < 4.78 is 32.4. The van der Waals surface area contributed by atoms with Crippen LogP contribution in [0.5, 0.6) is 0 Å². The van der Waals surface area contributed by atoms with Crippen LogP contribution in [0.3, 0.4) is 0 Å². The minimum absolute atomic E-state index is 0.0431. The van der Waals surface area contributed by atoms with E-state index in [9.17, 15) is 13.2 Å². The monoisotopic (exact) mass is 420 g/mol. The Morgan fingerprint density at radius 1 is 1.17 bits per heavy atom. The number of sulfone groups is 1. The summed E-state index contributed by atoms with van der Waals surface area (Å²) >= 11 is 0. The Hall–Kier alpha value is -2.23. The van der Waals surface area contributed by atoms with E-state index in [2.05, 4.69) is 9.88 Å². The summed E-state index contributed by atoms with van der Waals surface area (Å²) in [6.45, 7) is 4.22. The number of likely N-dealkylation sites (N-methyl/N-ethyl adjacent to an activating group) is 1. The fraction of sp³-hybridized carbons (Fsp3) is 0.500. The summed E-state index contributed by atoms with van der Waals surface area (Å²) in [7, 11) is -0.316. The van der Waals surface area contributed by atoms with Gasteiger partial charge in [0.15, 0.2) is 0 Å². The number of hydrogen-bond donors (Lipinski definition) is 0. The Bertz CT molecular complexity index is 943. The number of benzene rings is 1. The first kappa shape index (κ1) is 21.5. The number of hydrogen-bond acceptors (Lipinski definition) is 6. The summed E-state index contributed by atoms with van der Waals surface area (Å²) in [6, 6.07) is 9.42. The molecule has 1 amide bonds. The number of amides is 1. The lowest BCUT2D eigenvalue weighted by molar-refractivity contribution is -0.139. The van der Waals surface area contributed by atoms with E-state index >= 15 is 0 Å². The lowest BCUT2D eigenvalue weighted by Gasteiger charge is -2.37. The molecule has 1 atom stereocenters. The van der Waals surface area contributed by atoms with Gasteiger partial charge in [0.1, 0.15) is 0 Å². The van der Waals surface area contributed by atoms with E-state index in [1.54, 1.807) is 22.7 Å². The number of imidazole rings is 1. The van der Waals surface area contributed by atoms with Crippen LogP contribution in [0.1, 0.15) is 18.2 Å². The zero-order valence-corrected chi connectivity index (χ0v) is 17.9. The quantitative estimate of drug-likeness (QED) is 0.634. The van der Waals surface area contributed by atoms with E-state index in [0.29, 0.717) is 19.6 Å². The molecular weight excluding hydrogens is 392 g/mol. The number of rotatable bonds is 8. The Kier molecular flexibility index (Phi) is 6.71. The first-order valence-corrected chi connectivity index (χ1v) is 11.3. The van der Waals surface area contributed by atoms with E-state index in [1.165, 1.54) is 7.11 Å². The Morgan fingerprint density at radius 3 is 2.59 bits per heavy atom. The second-order valence-corrected chi connectivity index (χ2v) is 9.32. The van der Waals surface area contributed by atoms with Crippen molar-refractivity contribution < 1.29 is 17.9 Å². The summed E-state index contributed by atoms with van der Waals surface area (Å²) in [4.78, 5) is 20.4. The standard InChI is InChI=1S/C20H28N4O4S/c1-16-19(25)22(2)9-10-23(16)15-18-13-21-20(29(26,27)12-11-28-3)24(18)14-17-7-5-4-6-8-17/h4-8,13,16H,9-12,14-15H2,1-3H3/t16-/m0/s1. The first-order chi connectivity index (χ1) is 13.8. The topological polar surface area (TPSA) is 84.7 Å². The molecule has 0 aliphatic carbocycles.